The minimum Gasteiger partial charge on any atom is -0.493 e. The fourth-order valence-electron chi connectivity index (χ4n) is 1.46. The van der Waals surface area contributed by atoms with Crippen LogP contribution < -0.4 is 15.0 Å². The maximum Gasteiger partial charge on any atom is 0.161 e. The third kappa shape index (κ3) is 4.94. The summed E-state index contributed by atoms with van der Waals surface area (Å²) in [6, 6.07) is 5.87. The van der Waals surface area contributed by atoms with Gasteiger partial charge in [-0.2, -0.15) is 5.48 Å². The molecule has 0 aliphatic heterocycles. The number of ether oxygens (including phenoxy) is 2. The highest BCUT2D eigenvalue weighted by Gasteiger charge is 2.05. The molecule has 102 valence electrons. The topological polar surface area (TPSA) is 39.7 Å². The number of hydrogen-bond acceptors (Lipinski definition) is 4. The Hall–Kier alpha value is -1.26. The molecule has 0 saturated heterocycles. The smallest absolute Gasteiger partial charge is 0.161 e. The lowest BCUT2D eigenvalue weighted by Gasteiger charge is -2.12. The number of hydroxylamine groups is 1. The number of rotatable bonds is 8. The van der Waals surface area contributed by atoms with Crippen LogP contribution in [0.4, 0.5) is 0 Å². The van der Waals surface area contributed by atoms with Gasteiger partial charge in [0.05, 0.1) is 20.3 Å². The van der Waals surface area contributed by atoms with E-state index in [9.17, 15) is 0 Å². The molecule has 1 rings (SSSR count). The molecule has 0 bridgehead atoms. The molecule has 0 unspecified atom stereocenters. The van der Waals surface area contributed by atoms with Crippen molar-refractivity contribution in [2.24, 2.45) is 5.92 Å². The van der Waals surface area contributed by atoms with Gasteiger partial charge in [-0.05, 0) is 30.5 Å². The molecule has 0 aromatic heterocycles. The Bertz CT molecular complexity index is 353. The summed E-state index contributed by atoms with van der Waals surface area (Å²) in [5.41, 5.74) is 4.04. The highest BCUT2D eigenvalue weighted by molar-refractivity contribution is 5.42. The third-order valence-corrected chi connectivity index (χ3v) is 2.32. The zero-order valence-electron chi connectivity index (χ0n) is 11.7. The lowest BCUT2D eigenvalue weighted by Crippen LogP contribution is -2.17. The zero-order valence-corrected chi connectivity index (χ0v) is 11.7. The molecule has 4 heteroatoms. The molecule has 0 saturated carbocycles. The van der Waals surface area contributed by atoms with Gasteiger partial charge in [0.15, 0.2) is 11.5 Å². The van der Waals surface area contributed by atoms with Crippen molar-refractivity contribution in [3.8, 4) is 11.5 Å². The highest BCUT2D eigenvalue weighted by atomic mass is 16.6. The molecule has 18 heavy (non-hydrogen) atoms. The van der Waals surface area contributed by atoms with Crippen molar-refractivity contribution in [1.82, 2.24) is 5.48 Å². The van der Waals surface area contributed by atoms with Gasteiger partial charge in [-0.25, -0.2) is 0 Å². The molecule has 1 aromatic carbocycles. The van der Waals surface area contributed by atoms with Gasteiger partial charge in [-0.15, -0.1) is 0 Å². The molecular weight excluding hydrogens is 230 g/mol. The number of hydrogen-bond donors (Lipinski definition) is 1. The van der Waals surface area contributed by atoms with Crippen molar-refractivity contribution in [2.75, 3.05) is 20.3 Å². The average molecular weight is 253 g/mol. The van der Waals surface area contributed by atoms with Crippen molar-refractivity contribution in [2.45, 2.75) is 27.3 Å². The van der Waals surface area contributed by atoms with Crippen LogP contribution in [0.1, 0.15) is 26.3 Å². The summed E-state index contributed by atoms with van der Waals surface area (Å²) in [5.74, 6) is 2.04. The van der Waals surface area contributed by atoms with E-state index in [2.05, 4.69) is 19.3 Å². The van der Waals surface area contributed by atoms with Gasteiger partial charge in [-0.3, -0.25) is 0 Å². The molecule has 0 radical (unpaired) electrons. The van der Waals surface area contributed by atoms with Gasteiger partial charge in [0.2, 0.25) is 0 Å². The summed E-state index contributed by atoms with van der Waals surface area (Å²) in [6.07, 6.45) is 0. The van der Waals surface area contributed by atoms with E-state index >= 15 is 0 Å². The summed E-state index contributed by atoms with van der Waals surface area (Å²) in [4.78, 5) is 5.33. The Morgan fingerprint density at radius 2 is 2.00 bits per heavy atom. The van der Waals surface area contributed by atoms with E-state index in [0.717, 1.165) is 17.1 Å². The fourth-order valence-corrected chi connectivity index (χ4v) is 1.46. The van der Waals surface area contributed by atoms with Crippen LogP contribution in [-0.2, 0) is 11.4 Å². The standard InChI is InChI=1S/C14H23NO3/c1-5-17-13-7-6-12(8-14(13)16-4)9-15-18-10-11(2)3/h6-8,11,15H,5,9-10H2,1-4H3. The van der Waals surface area contributed by atoms with Crippen LogP contribution in [0.3, 0.4) is 0 Å². The first kappa shape index (κ1) is 14.8. The Balaban J connectivity index is 2.51. The Labute approximate surface area is 109 Å². The van der Waals surface area contributed by atoms with Crippen LogP contribution in [0, 0.1) is 5.92 Å². The van der Waals surface area contributed by atoms with Crippen molar-refractivity contribution in [1.29, 1.82) is 0 Å². The predicted octanol–water partition coefficient (Wildman–Crippen LogP) is 2.77. The first-order valence-corrected chi connectivity index (χ1v) is 6.31. The Morgan fingerprint density at radius 3 is 2.61 bits per heavy atom. The Morgan fingerprint density at radius 1 is 1.22 bits per heavy atom. The third-order valence-electron chi connectivity index (χ3n) is 2.32. The number of nitrogens with one attached hydrogen (secondary N) is 1. The zero-order chi connectivity index (χ0) is 13.4. The summed E-state index contributed by atoms with van der Waals surface area (Å²) in [5, 5.41) is 0. The summed E-state index contributed by atoms with van der Waals surface area (Å²) in [7, 11) is 1.64. The molecular formula is C14H23NO3. The van der Waals surface area contributed by atoms with E-state index in [-0.39, 0.29) is 0 Å². The van der Waals surface area contributed by atoms with Crippen LogP contribution in [0.15, 0.2) is 18.2 Å². The molecule has 0 atom stereocenters. The summed E-state index contributed by atoms with van der Waals surface area (Å²) >= 11 is 0. The van der Waals surface area contributed by atoms with E-state index in [1.807, 2.05) is 25.1 Å². The molecule has 1 N–H and O–H groups in total. The quantitative estimate of drug-likeness (QED) is 0.571. The van der Waals surface area contributed by atoms with Crippen LogP contribution in [0.2, 0.25) is 0 Å². The number of methoxy groups -OCH3 is 1. The van der Waals surface area contributed by atoms with Crippen LogP contribution in [0.5, 0.6) is 11.5 Å². The van der Waals surface area contributed by atoms with Crippen LogP contribution in [-0.4, -0.2) is 20.3 Å². The first-order valence-electron chi connectivity index (χ1n) is 6.31. The summed E-state index contributed by atoms with van der Waals surface area (Å²) < 4.78 is 10.8. The fraction of sp³-hybridized carbons (Fsp3) is 0.571. The second kappa shape index (κ2) is 7.95. The molecule has 0 aliphatic carbocycles. The maximum absolute atomic E-state index is 5.46. The molecule has 0 fully saturated rings. The number of benzene rings is 1. The van der Waals surface area contributed by atoms with E-state index in [1.165, 1.54) is 0 Å². The minimum absolute atomic E-state index is 0.521. The van der Waals surface area contributed by atoms with Crippen molar-refractivity contribution < 1.29 is 14.3 Å². The predicted molar refractivity (Wildman–Crippen MR) is 71.8 cm³/mol. The van der Waals surface area contributed by atoms with Crippen molar-refractivity contribution in [3.63, 3.8) is 0 Å². The molecule has 4 nitrogen and oxygen atoms in total. The van der Waals surface area contributed by atoms with Gasteiger partial charge < -0.3 is 14.3 Å². The molecule has 0 amide bonds. The van der Waals surface area contributed by atoms with Gasteiger partial charge in [0.1, 0.15) is 0 Å². The second-order valence-electron chi connectivity index (χ2n) is 4.44. The van der Waals surface area contributed by atoms with Crippen LogP contribution >= 0.6 is 0 Å². The minimum atomic E-state index is 0.521. The molecule has 0 aliphatic rings. The lowest BCUT2D eigenvalue weighted by molar-refractivity contribution is 0.0196. The maximum atomic E-state index is 5.46. The normalized spacial score (nSPS) is 10.7. The van der Waals surface area contributed by atoms with Gasteiger partial charge in [0, 0.05) is 6.54 Å². The van der Waals surface area contributed by atoms with Crippen molar-refractivity contribution in [3.05, 3.63) is 23.8 Å². The summed E-state index contributed by atoms with van der Waals surface area (Å²) in [6.45, 7) is 8.16. The average Bonchev–Trinajstić information content (AvgIpc) is 2.36. The SMILES string of the molecule is CCOc1ccc(CNOCC(C)C)cc1OC. The van der Waals surface area contributed by atoms with E-state index in [4.69, 9.17) is 14.3 Å². The van der Waals surface area contributed by atoms with Crippen molar-refractivity contribution >= 4 is 0 Å². The molecule has 0 spiro atoms. The van der Waals surface area contributed by atoms with Gasteiger partial charge in [-0.1, -0.05) is 19.9 Å². The van der Waals surface area contributed by atoms with E-state index < -0.39 is 0 Å². The van der Waals surface area contributed by atoms with Crippen LogP contribution in [0.25, 0.3) is 0 Å². The molecule has 0 heterocycles. The van der Waals surface area contributed by atoms with E-state index in [0.29, 0.717) is 25.7 Å². The highest BCUT2D eigenvalue weighted by Crippen LogP contribution is 2.27. The second-order valence-corrected chi connectivity index (χ2v) is 4.44. The van der Waals surface area contributed by atoms with Gasteiger partial charge >= 0.3 is 0 Å². The molecule has 1 aromatic rings. The van der Waals surface area contributed by atoms with E-state index in [1.54, 1.807) is 7.11 Å². The lowest BCUT2D eigenvalue weighted by atomic mass is 10.2. The Kier molecular flexibility index (Phi) is 6.54. The first-order chi connectivity index (χ1) is 8.67. The monoisotopic (exact) mass is 253 g/mol. The van der Waals surface area contributed by atoms with Gasteiger partial charge in [0.25, 0.3) is 0 Å². The largest absolute Gasteiger partial charge is 0.493 e.